The number of oxime groups is 1. The molecule has 1 unspecified atom stereocenters. The molecule has 0 saturated carbocycles. The summed E-state index contributed by atoms with van der Waals surface area (Å²) in [4.78, 5) is 11.9. The standard InChI is InChI=1S/C10H17N5O2/c1-4-7(9(11)14-17)10(16)12-8-5-15(3)13-6(8)2/h5,7,17H,4H2,1-3H3,(H2,11,14)(H,12,16). The number of hydrogen-bond donors (Lipinski definition) is 3. The van der Waals surface area contributed by atoms with E-state index in [1.165, 1.54) is 0 Å². The molecule has 4 N–H and O–H groups in total. The van der Waals surface area contributed by atoms with Crippen molar-refractivity contribution in [3.8, 4) is 0 Å². The van der Waals surface area contributed by atoms with E-state index in [-0.39, 0.29) is 11.7 Å². The third-order valence-corrected chi connectivity index (χ3v) is 2.47. The molecule has 0 bridgehead atoms. The van der Waals surface area contributed by atoms with Crippen molar-refractivity contribution in [2.75, 3.05) is 5.32 Å². The maximum Gasteiger partial charge on any atom is 0.235 e. The molecule has 1 heterocycles. The molecule has 0 aliphatic heterocycles. The van der Waals surface area contributed by atoms with E-state index >= 15 is 0 Å². The van der Waals surface area contributed by atoms with E-state index in [4.69, 9.17) is 10.9 Å². The monoisotopic (exact) mass is 239 g/mol. The number of aryl methyl sites for hydroxylation is 2. The van der Waals surface area contributed by atoms with Gasteiger partial charge in [-0.25, -0.2) is 0 Å². The van der Waals surface area contributed by atoms with Crippen LogP contribution in [0, 0.1) is 12.8 Å². The number of rotatable bonds is 4. The average Bonchev–Trinajstić information content (AvgIpc) is 2.58. The van der Waals surface area contributed by atoms with E-state index in [1.807, 2.05) is 0 Å². The fraction of sp³-hybridized carbons (Fsp3) is 0.500. The summed E-state index contributed by atoms with van der Waals surface area (Å²) in [6, 6.07) is 0. The van der Waals surface area contributed by atoms with Gasteiger partial charge in [0.05, 0.1) is 17.3 Å². The van der Waals surface area contributed by atoms with Gasteiger partial charge in [-0.15, -0.1) is 0 Å². The van der Waals surface area contributed by atoms with Crippen LogP contribution in [0.2, 0.25) is 0 Å². The lowest BCUT2D eigenvalue weighted by molar-refractivity contribution is -0.118. The zero-order valence-corrected chi connectivity index (χ0v) is 10.1. The van der Waals surface area contributed by atoms with Gasteiger partial charge in [0.15, 0.2) is 5.84 Å². The van der Waals surface area contributed by atoms with Crippen molar-refractivity contribution in [3.63, 3.8) is 0 Å². The lowest BCUT2D eigenvalue weighted by Gasteiger charge is -2.12. The molecule has 0 aliphatic carbocycles. The van der Waals surface area contributed by atoms with Crippen molar-refractivity contribution in [1.82, 2.24) is 9.78 Å². The quantitative estimate of drug-likeness (QED) is 0.307. The second-order valence-corrected chi connectivity index (χ2v) is 3.78. The van der Waals surface area contributed by atoms with Crippen molar-refractivity contribution < 1.29 is 10.0 Å². The number of carbonyl (C=O) groups is 1. The largest absolute Gasteiger partial charge is 0.409 e. The van der Waals surface area contributed by atoms with Crippen LogP contribution in [0.25, 0.3) is 0 Å². The number of nitrogens with zero attached hydrogens (tertiary/aromatic N) is 3. The highest BCUT2D eigenvalue weighted by molar-refractivity contribution is 6.07. The molecule has 0 radical (unpaired) electrons. The topological polar surface area (TPSA) is 106 Å². The summed E-state index contributed by atoms with van der Waals surface area (Å²) in [6.45, 7) is 3.58. The van der Waals surface area contributed by atoms with Crippen molar-refractivity contribution >= 4 is 17.4 Å². The Labute approximate surface area is 99.3 Å². The Kier molecular flexibility index (Phi) is 4.08. The van der Waals surface area contributed by atoms with Crippen LogP contribution in [-0.2, 0) is 11.8 Å². The maximum atomic E-state index is 11.9. The number of anilines is 1. The Morgan fingerprint density at radius 2 is 2.41 bits per heavy atom. The van der Waals surface area contributed by atoms with Crippen molar-refractivity contribution in [2.24, 2.45) is 23.9 Å². The van der Waals surface area contributed by atoms with Crippen molar-refractivity contribution in [2.45, 2.75) is 20.3 Å². The van der Waals surface area contributed by atoms with E-state index in [1.54, 1.807) is 31.8 Å². The lowest BCUT2D eigenvalue weighted by atomic mass is 10.0. The molecule has 7 nitrogen and oxygen atoms in total. The summed E-state index contributed by atoms with van der Waals surface area (Å²) in [6.07, 6.45) is 2.16. The number of amidine groups is 1. The van der Waals surface area contributed by atoms with Crippen LogP contribution >= 0.6 is 0 Å². The van der Waals surface area contributed by atoms with Gasteiger partial charge < -0.3 is 16.3 Å². The molecule has 0 fully saturated rings. The molecule has 0 spiro atoms. The smallest absolute Gasteiger partial charge is 0.235 e. The highest BCUT2D eigenvalue weighted by Gasteiger charge is 2.22. The van der Waals surface area contributed by atoms with E-state index in [0.29, 0.717) is 12.1 Å². The third kappa shape index (κ3) is 2.96. The Bertz CT molecular complexity index is 438. The minimum atomic E-state index is -0.639. The first-order valence-corrected chi connectivity index (χ1v) is 5.28. The van der Waals surface area contributed by atoms with Crippen molar-refractivity contribution in [1.29, 1.82) is 0 Å². The van der Waals surface area contributed by atoms with E-state index in [9.17, 15) is 4.79 Å². The van der Waals surface area contributed by atoms with Crippen LogP contribution in [0.1, 0.15) is 19.0 Å². The minimum absolute atomic E-state index is 0.0912. The molecule has 1 amide bonds. The summed E-state index contributed by atoms with van der Waals surface area (Å²) < 4.78 is 1.61. The summed E-state index contributed by atoms with van der Waals surface area (Å²) in [5, 5.41) is 18.2. The van der Waals surface area contributed by atoms with Crippen molar-refractivity contribution in [3.05, 3.63) is 11.9 Å². The van der Waals surface area contributed by atoms with Gasteiger partial charge >= 0.3 is 0 Å². The summed E-state index contributed by atoms with van der Waals surface area (Å²) in [5.74, 6) is -1.04. The van der Waals surface area contributed by atoms with Gasteiger partial charge in [0, 0.05) is 13.2 Å². The van der Waals surface area contributed by atoms with Crippen LogP contribution in [0.4, 0.5) is 5.69 Å². The first-order chi connectivity index (χ1) is 7.99. The molecular formula is C10H17N5O2. The Morgan fingerprint density at radius 3 is 2.82 bits per heavy atom. The van der Waals surface area contributed by atoms with Crippen LogP contribution in [0.5, 0.6) is 0 Å². The molecule has 1 aromatic rings. The Balaban J connectivity index is 2.81. The number of amides is 1. The van der Waals surface area contributed by atoms with E-state index in [0.717, 1.165) is 5.69 Å². The third-order valence-electron chi connectivity index (χ3n) is 2.47. The normalized spacial score (nSPS) is 13.5. The maximum absolute atomic E-state index is 11.9. The van der Waals surface area contributed by atoms with Gasteiger partial charge in [-0.3, -0.25) is 9.48 Å². The molecule has 0 aromatic carbocycles. The van der Waals surface area contributed by atoms with Gasteiger partial charge in [0.25, 0.3) is 0 Å². The summed E-state index contributed by atoms with van der Waals surface area (Å²) in [7, 11) is 1.77. The summed E-state index contributed by atoms with van der Waals surface area (Å²) in [5.41, 5.74) is 6.79. The van der Waals surface area contributed by atoms with Gasteiger partial charge in [0.1, 0.15) is 0 Å². The molecule has 1 atom stereocenters. The fourth-order valence-corrected chi connectivity index (χ4v) is 1.54. The fourth-order valence-electron chi connectivity index (χ4n) is 1.54. The molecule has 17 heavy (non-hydrogen) atoms. The second-order valence-electron chi connectivity index (χ2n) is 3.78. The van der Waals surface area contributed by atoms with Gasteiger partial charge in [-0.2, -0.15) is 5.10 Å². The van der Waals surface area contributed by atoms with Crippen LogP contribution in [0.15, 0.2) is 11.4 Å². The molecular weight excluding hydrogens is 222 g/mol. The number of hydrogen-bond acceptors (Lipinski definition) is 4. The minimum Gasteiger partial charge on any atom is -0.409 e. The number of carbonyl (C=O) groups excluding carboxylic acids is 1. The molecule has 1 aromatic heterocycles. The van der Waals surface area contributed by atoms with Gasteiger partial charge in [-0.1, -0.05) is 12.1 Å². The zero-order chi connectivity index (χ0) is 13.0. The lowest BCUT2D eigenvalue weighted by Crippen LogP contribution is -2.34. The Morgan fingerprint density at radius 1 is 1.76 bits per heavy atom. The number of nitrogens with one attached hydrogen (secondary N) is 1. The van der Waals surface area contributed by atoms with Gasteiger partial charge in [-0.05, 0) is 13.3 Å². The predicted octanol–water partition coefficient (Wildman–Crippen LogP) is 0.440. The van der Waals surface area contributed by atoms with E-state index in [2.05, 4.69) is 15.6 Å². The molecule has 0 saturated heterocycles. The zero-order valence-electron chi connectivity index (χ0n) is 10.1. The van der Waals surface area contributed by atoms with Crippen LogP contribution < -0.4 is 11.1 Å². The predicted molar refractivity (Wildman–Crippen MR) is 63.8 cm³/mol. The van der Waals surface area contributed by atoms with Gasteiger partial charge in [0.2, 0.25) is 5.91 Å². The molecule has 7 heteroatoms. The van der Waals surface area contributed by atoms with Crippen LogP contribution in [-0.4, -0.2) is 26.7 Å². The SMILES string of the molecule is CCC(C(=O)Nc1cn(C)nc1C)C(N)=NO. The van der Waals surface area contributed by atoms with Crippen LogP contribution in [0.3, 0.4) is 0 Å². The van der Waals surface area contributed by atoms with E-state index < -0.39 is 5.92 Å². The highest BCUT2D eigenvalue weighted by Crippen LogP contribution is 2.14. The summed E-state index contributed by atoms with van der Waals surface area (Å²) >= 11 is 0. The number of nitrogens with two attached hydrogens (primary N) is 1. The molecule has 1 rings (SSSR count). The molecule has 0 aliphatic rings. The highest BCUT2D eigenvalue weighted by atomic mass is 16.4. The molecule has 94 valence electrons. The first-order valence-electron chi connectivity index (χ1n) is 5.28. The first kappa shape index (κ1) is 13.0. The number of aromatic nitrogens is 2. The second kappa shape index (κ2) is 5.33. The average molecular weight is 239 g/mol. The Hall–Kier alpha value is -2.05.